The Morgan fingerprint density at radius 1 is 1.08 bits per heavy atom. The van der Waals surface area contributed by atoms with Crippen molar-refractivity contribution in [1.82, 2.24) is 0 Å². The van der Waals surface area contributed by atoms with Crippen molar-refractivity contribution >= 4 is 21.7 Å². The predicted octanol–water partition coefficient (Wildman–Crippen LogP) is 2.05. The number of hydrogen-bond acceptors (Lipinski definition) is 5. The van der Waals surface area contributed by atoms with E-state index in [1.165, 1.54) is 24.3 Å². The molecular formula is C17H19NO5S. The Hall–Kier alpha value is -2.38. The van der Waals surface area contributed by atoms with E-state index in [1.807, 2.05) is 0 Å². The Morgan fingerprint density at radius 3 is 2.25 bits per heavy atom. The molecule has 128 valence electrons. The number of carbonyl (C=O) groups is 1. The van der Waals surface area contributed by atoms with Gasteiger partial charge < -0.3 is 9.84 Å². The van der Waals surface area contributed by atoms with Gasteiger partial charge in [-0.2, -0.15) is 0 Å². The average molecular weight is 349 g/mol. The summed E-state index contributed by atoms with van der Waals surface area (Å²) in [5.74, 6) is -0.503. The van der Waals surface area contributed by atoms with Crippen LogP contribution in [-0.4, -0.2) is 39.3 Å². The highest BCUT2D eigenvalue weighted by atomic mass is 32.2. The van der Waals surface area contributed by atoms with E-state index in [1.54, 1.807) is 37.3 Å². The van der Waals surface area contributed by atoms with E-state index in [2.05, 4.69) is 0 Å². The van der Waals surface area contributed by atoms with Crippen LogP contribution in [0.15, 0.2) is 59.5 Å². The van der Waals surface area contributed by atoms with Crippen molar-refractivity contribution in [3.05, 3.63) is 60.2 Å². The van der Waals surface area contributed by atoms with Gasteiger partial charge in [-0.3, -0.25) is 4.31 Å². The lowest BCUT2D eigenvalue weighted by Crippen LogP contribution is -2.33. The largest absolute Gasteiger partial charge is 0.462 e. The van der Waals surface area contributed by atoms with Crippen molar-refractivity contribution in [2.45, 2.75) is 11.8 Å². The second-order valence-corrected chi connectivity index (χ2v) is 6.74. The number of hydrogen-bond donors (Lipinski definition) is 1. The molecule has 0 saturated heterocycles. The number of sulfonamides is 1. The maximum absolute atomic E-state index is 12.8. The Kier molecular flexibility index (Phi) is 5.94. The number of ether oxygens (including phenoxy) is 1. The van der Waals surface area contributed by atoms with Crippen molar-refractivity contribution in [1.29, 1.82) is 0 Å². The summed E-state index contributed by atoms with van der Waals surface area (Å²) in [5.41, 5.74) is 0.741. The Balaban J connectivity index is 2.35. The normalized spacial score (nSPS) is 11.1. The van der Waals surface area contributed by atoms with E-state index in [9.17, 15) is 18.3 Å². The Bertz CT molecular complexity index is 772. The van der Waals surface area contributed by atoms with Gasteiger partial charge >= 0.3 is 5.97 Å². The first-order valence-electron chi connectivity index (χ1n) is 7.46. The van der Waals surface area contributed by atoms with Gasteiger partial charge in [0.25, 0.3) is 10.0 Å². The van der Waals surface area contributed by atoms with Gasteiger partial charge in [0.2, 0.25) is 0 Å². The van der Waals surface area contributed by atoms with E-state index in [0.29, 0.717) is 5.69 Å². The zero-order valence-electron chi connectivity index (χ0n) is 13.3. The van der Waals surface area contributed by atoms with E-state index in [4.69, 9.17) is 4.74 Å². The summed E-state index contributed by atoms with van der Waals surface area (Å²) in [6.45, 7) is 1.57. The molecule has 0 atom stereocenters. The highest BCUT2D eigenvalue weighted by Gasteiger charge is 2.24. The molecular weight excluding hydrogens is 330 g/mol. The lowest BCUT2D eigenvalue weighted by molar-refractivity contribution is 0.0526. The van der Waals surface area contributed by atoms with Crippen molar-refractivity contribution < 1.29 is 23.1 Å². The van der Waals surface area contributed by atoms with Crippen LogP contribution >= 0.6 is 0 Å². The van der Waals surface area contributed by atoms with Crippen LogP contribution in [0.5, 0.6) is 0 Å². The number of carbonyl (C=O) groups excluding carboxylic acids is 1. The highest BCUT2D eigenvalue weighted by Crippen LogP contribution is 2.23. The number of para-hydroxylation sites is 1. The monoisotopic (exact) mass is 349 g/mol. The number of aliphatic hydroxyl groups excluding tert-OH is 1. The summed E-state index contributed by atoms with van der Waals surface area (Å²) in [7, 11) is -3.85. The van der Waals surface area contributed by atoms with Crippen LogP contribution in [0.4, 0.5) is 5.69 Å². The molecule has 1 N–H and O–H groups in total. The number of anilines is 1. The van der Waals surface area contributed by atoms with Gasteiger partial charge in [-0.25, -0.2) is 13.2 Å². The standard InChI is InChI=1S/C17H19NO5S/c1-2-23-17(20)14-8-10-16(11-9-14)24(21,22)18(12-13-19)15-6-4-3-5-7-15/h3-11,19H,2,12-13H2,1H3. The minimum atomic E-state index is -3.85. The van der Waals surface area contributed by atoms with Crippen molar-refractivity contribution in [2.75, 3.05) is 24.1 Å². The van der Waals surface area contributed by atoms with Crippen molar-refractivity contribution in [3.63, 3.8) is 0 Å². The summed E-state index contributed by atoms with van der Waals surface area (Å²) >= 11 is 0. The molecule has 6 nitrogen and oxygen atoms in total. The molecule has 24 heavy (non-hydrogen) atoms. The molecule has 0 bridgehead atoms. The van der Waals surface area contributed by atoms with E-state index >= 15 is 0 Å². The van der Waals surface area contributed by atoms with Crippen LogP contribution in [0.2, 0.25) is 0 Å². The molecule has 0 unspecified atom stereocenters. The average Bonchev–Trinajstić information content (AvgIpc) is 2.60. The first kappa shape index (κ1) is 18.0. The fourth-order valence-electron chi connectivity index (χ4n) is 2.18. The maximum Gasteiger partial charge on any atom is 0.338 e. The minimum Gasteiger partial charge on any atom is -0.462 e. The summed E-state index contributed by atoms with van der Waals surface area (Å²) in [6.07, 6.45) is 0. The number of rotatable bonds is 7. The molecule has 0 heterocycles. The smallest absolute Gasteiger partial charge is 0.338 e. The quantitative estimate of drug-likeness (QED) is 0.774. The Labute approximate surface area is 141 Å². The van der Waals surface area contributed by atoms with E-state index in [-0.39, 0.29) is 30.2 Å². The number of esters is 1. The Morgan fingerprint density at radius 2 is 1.71 bits per heavy atom. The van der Waals surface area contributed by atoms with Gasteiger partial charge in [0, 0.05) is 0 Å². The fraction of sp³-hybridized carbons (Fsp3) is 0.235. The lowest BCUT2D eigenvalue weighted by atomic mass is 10.2. The third-order valence-electron chi connectivity index (χ3n) is 3.30. The van der Waals surface area contributed by atoms with Crippen LogP contribution < -0.4 is 4.31 Å². The van der Waals surface area contributed by atoms with Crippen LogP contribution in [0, 0.1) is 0 Å². The zero-order valence-corrected chi connectivity index (χ0v) is 14.1. The molecule has 0 fully saturated rings. The van der Waals surface area contributed by atoms with E-state index < -0.39 is 16.0 Å². The molecule has 0 aliphatic rings. The van der Waals surface area contributed by atoms with Gasteiger partial charge in [-0.1, -0.05) is 18.2 Å². The first-order chi connectivity index (χ1) is 11.5. The zero-order chi connectivity index (χ0) is 17.6. The van der Waals surface area contributed by atoms with Crippen LogP contribution in [0.25, 0.3) is 0 Å². The fourth-order valence-corrected chi connectivity index (χ4v) is 3.63. The molecule has 0 amide bonds. The van der Waals surface area contributed by atoms with Gasteiger partial charge in [0.15, 0.2) is 0 Å². The predicted molar refractivity (Wildman–Crippen MR) is 90.5 cm³/mol. The number of aliphatic hydroxyl groups is 1. The van der Waals surface area contributed by atoms with Crippen LogP contribution in [-0.2, 0) is 14.8 Å². The molecule has 2 aromatic rings. The molecule has 2 rings (SSSR count). The second kappa shape index (κ2) is 7.94. The van der Waals surface area contributed by atoms with Gasteiger partial charge in [0.05, 0.1) is 35.9 Å². The number of nitrogens with zero attached hydrogens (tertiary/aromatic N) is 1. The first-order valence-corrected chi connectivity index (χ1v) is 8.90. The third kappa shape index (κ3) is 3.93. The topological polar surface area (TPSA) is 83.9 Å². The molecule has 0 spiro atoms. The van der Waals surface area contributed by atoms with Crippen LogP contribution in [0.1, 0.15) is 17.3 Å². The van der Waals surface area contributed by atoms with Crippen LogP contribution in [0.3, 0.4) is 0 Å². The lowest BCUT2D eigenvalue weighted by Gasteiger charge is -2.23. The number of benzene rings is 2. The summed E-state index contributed by atoms with van der Waals surface area (Å²) in [6, 6.07) is 14.1. The summed E-state index contributed by atoms with van der Waals surface area (Å²) in [5, 5.41) is 9.22. The molecule has 0 aliphatic carbocycles. The summed E-state index contributed by atoms with van der Waals surface area (Å²) < 4.78 is 31.7. The summed E-state index contributed by atoms with van der Waals surface area (Å²) in [4.78, 5) is 11.7. The van der Waals surface area contributed by atoms with Gasteiger partial charge in [-0.05, 0) is 43.3 Å². The van der Waals surface area contributed by atoms with Crippen molar-refractivity contribution in [3.8, 4) is 0 Å². The minimum absolute atomic E-state index is 0.0350. The third-order valence-corrected chi connectivity index (χ3v) is 5.14. The van der Waals surface area contributed by atoms with Crippen molar-refractivity contribution in [2.24, 2.45) is 0 Å². The van der Waals surface area contributed by atoms with Gasteiger partial charge in [0.1, 0.15) is 0 Å². The molecule has 0 saturated carbocycles. The molecule has 0 radical (unpaired) electrons. The van der Waals surface area contributed by atoms with Gasteiger partial charge in [-0.15, -0.1) is 0 Å². The molecule has 2 aromatic carbocycles. The maximum atomic E-state index is 12.8. The highest BCUT2D eigenvalue weighted by molar-refractivity contribution is 7.92. The molecule has 0 aliphatic heterocycles. The molecule has 0 aromatic heterocycles. The molecule has 7 heteroatoms. The SMILES string of the molecule is CCOC(=O)c1ccc(S(=O)(=O)N(CCO)c2ccccc2)cc1. The van der Waals surface area contributed by atoms with E-state index in [0.717, 1.165) is 4.31 Å². The second-order valence-electron chi connectivity index (χ2n) is 4.88.